The molecule has 108 valence electrons. The maximum atomic E-state index is 4.94. The Morgan fingerprint density at radius 1 is 1.55 bits per heavy atom. The van der Waals surface area contributed by atoms with Crippen molar-refractivity contribution in [2.24, 2.45) is 4.99 Å². The Labute approximate surface area is 122 Å². The summed E-state index contributed by atoms with van der Waals surface area (Å²) in [5, 5.41) is 11.3. The minimum absolute atomic E-state index is 0.410. The quantitative estimate of drug-likeness (QED) is 0.675. The van der Waals surface area contributed by atoms with Crippen LogP contribution in [0.15, 0.2) is 26.3 Å². The molecule has 0 unspecified atom stereocenters. The molecule has 0 aromatic carbocycles. The van der Waals surface area contributed by atoms with E-state index >= 15 is 0 Å². The van der Waals surface area contributed by atoms with Crippen LogP contribution in [0.2, 0.25) is 0 Å². The molecule has 0 bridgehead atoms. The van der Waals surface area contributed by atoms with Crippen molar-refractivity contribution in [1.29, 1.82) is 0 Å². The first-order valence-electron chi connectivity index (χ1n) is 6.48. The molecule has 2 aromatic heterocycles. The van der Waals surface area contributed by atoms with Crippen molar-refractivity contribution in [3.05, 3.63) is 34.1 Å². The molecule has 6 nitrogen and oxygen atoms in total. The summed E-state index contributed by atoms with van der Waals surface area (Å²) >= 11 is 1.70. The second-order valence-electron chi connectivity index (χ2n) is 4.39. The fourth-order valence-electron chi connectivity index (χ4n) is 1.75. The van der Waals surface area contributed by atoms with Gasteiger partial charge in [0.05, 0.1) is 0 Å². The van der Waals surface area contributed by atoms with E-state index in [4.69, 9.17) is 4.52 Å². The summed E-state index contributed by atoms with van der Waals surface area (Å²) in [5.41, 5.74) is 1.28. The first kappa shape index (κ1) is 14.5. The van der Waals surface area contributed by atoms with Gasteiger partial charge >= 0.3 is 0 Å². The number of aryl methyl sites for hydroxylation is 1. The van der Waals surface area contributed by atoms with E-state index in [1.54, 1.807) is 18.3 Å². The predicted molar refractivity (Wildman–Crippen MR) is 79.6 cm³/mol. The number of nitrogens with zero attached hydrogens (tertiary/aromatic N) is 4. The third-order valence-electron chi connectivity index (χ3n) is 2.64. The smallest absolute Gasteiger partial charge is 0.223 e. The summed E-state index contributed by atoms with van der Waals surface area (Å²) in [7, 11) is 2.01. The fourth-order valence-corrected chi connectivity index (χ4v) is 2.41. The summed E-state index contributed by atoms with van der Waals surface area (Å²) in [6.45, 7) is 5.87. The van der Waals surface area contributed by atoms with Gasteiger partial charge in [0.15, 0.2) is 11.8 Å². The average molecular weight is 293 g/mol. The number of rotatable bonds is 5. The predicted octanol–water partition coefficient (Wildman–Crippen LogP) is 2.04. The zero-order valence-corrected chi connectivity index (χ0v) is 12.8. The molecule has 20 heavy (non-hydrogen) atoms. The van der Waals surface area contributed by atoms with Gasteiger partial charge in [-0.2, -0.15) is 16.3 Å². The van der Waals surface area contributed by atoms with Gasteiger partial charge in [0, 0.05) is 27.1 Å². The van der Waals surface area contributed by atoms with Crippen molar-refractivity contribution in [2.75, 3.05) is 13.6 Å². The van der Waals surface area contributed by atoms with Gasteiger partial charge in [-0.1, -0.05) is 5.16 Å². The van der Waals surface area contributed by atoms with E-state index in [1.807, 2.05) is 14.0 Å². The standard InChI is InChI=1S/C13H19N5OS/c1-4-14-13(15-7-12-16-10(2)19-17-12)18(3)8-11-5-6-20-9-11/h5-6,9H,4,7-8H2,1-3H3,(H,14,15). The second-order valence-corrected chi connectivity index (χ2v) is 5.17. The lowest BCUT2D eigenvalue weighted by Gasteiger charge is -2.21. The highest BCUT2D eigenvalue weighted by molar-refractivity contribution is 7.07. The lowest BCUT2D eigenvalue weighted by Crippen LogP contribution is -2.38. The van der Waals surface area contributed by atoms with Crippen LogP contribution in [0.25, 0.3) is 0 Å². The third-order valence-corrected chi connectivity index (χ3v) is 3.37. The molecule has 2 aromatic rings. The first-order chi connectivity index (χ1) is 9.69. The molecule has 2 rings (SSSR count). The highest BCUT2D eigenvalue weighted by Gasteiger charge is 2.08. The van der Waals surface area contributed by atoms with Gasteiger partial charge < -0.3 is 14.7 Å². The number of thiophene rings is 1. The minimum atomic E-state index is 0.410. The van der Waals surface area contributed by atoms with E-state index in [-0.39, 0.29) is 0 Å². The van der Waals surface area contributed by atoms with Gasteiger partial charge in [-0.05, 0) is 29.3 Å². The lowest BCUT2D eigenvalue weighted by atomic mass is 10.3. The van der Waals surface area contributed by atoms with Gasteiger partial charge in [0.2, 0.25) is 5.89 Å². The molecule has 0 spiro atoms. The summed E-state index contributed by atoms with van der Waals surface area (Å²) in [6.07, 6.45) is 0. The molecule has 0 saturated heterocycles. The van der Waals surface area contributed by atoms with Crippen molar-refractivity contribution < 1.29 is 4.52 Å². The van der Waals surface area contributed by atoms with Crippen molar-refractivity contribution in [3.63, 3.8) is 0 Å². The van der Waals surface area contributed by atoms with Crippen LogP contribution in [0.4, 0.5) is 0 Å². The van der Waals surface area contributed by atoms with Crippen LogP contribution < -0.4 is 5.32 Å². The number of aromatic nitrogens is 2. The van der Waals surface area contributed by atoms with Crippen molar-refractivity contribution in [1.82, 2.24) is 20.4 Å². The van der Waals surface area contributed by atoms with Crippen LogP contribution in [-0.2, 0) is 13.1 Å². The van der Waals surface area contributed by atoms with E-state index in [9.17, 15) is 0 Å². The molecular weight excluding hydrogens is 274 g/mol. The normalized spacial score (nSPS) is 11.7. The summed E-state index contributed by atoms with van der Waals surface area (Å²) in [5.74, 6) is 2.00. The van der Waals surface area contributed by atoms with E-state index in [1.165, 1.54) is 5.56 Å². The van der Waals surface area contributed by atoms with Crippen LogP contribution >= 0.6 is 11.3 Å². The number of hydrogen-bond acceptors (Lipinski definition) is 5. The number of aliphatic imine (C=N–C) groups is 1. The zero-order valence-electron chi connectivity index (χ0n) is 12.0. The molecule has 1 N–H and O–H groups in total. The van der Waals surface area contributed by atoms with Gasteiger partial charge in [-0.3, -0.25) is 0 Å². The molecule has 0 aliphatic heterocycles. The van der Waals surface area contributed by atoms with Gasteiger partial charge in [-0.25, -0.2) is 4.99 Å². The van der Waals surface area contributed by atoms with Crippen molar-refractivity contribution in [3.8, 4) is 0 Å². The van der Waals surface area contributed by atoms with Crippen LogP contribution in [0.1, 0.15) is 24.2 Å². The Kier molecular flexibility index (Phi) is 5.11. The molecule has 0 aliphatic rings. The highest BCUT2D eigenvalue weighted by atomic mass is 32.1. The second kappa shape index (κ2) is 7.04. The third kappa shape index (κ3) is 4.06. The number of nitrogens with one attached hydrogen (secondary N) is 1. The SMILES string of the molecule is CCNC(=NCc1noc(C)n1)N(C)Cc1ccsc1. The number of hydrogen-bond donors (Lipinski definition) is 1. The Morgan fingerprint density at radius 2 is 2.40 bits per heavy atom. The molecule has 7 heteroatoms. The molecule has 0 aliphatic carbocycles. The molecule has 0 atom stereocenters. The monoisotopic (exact) mass is 293 g/mol. The first-order valence-corrected chi connectivity index (χ1v) is 7.43. The Bertz CT molecular complexity index is 549. The topological polar surface area (TPSA) is 66.5 Å². The van der Waals surface area contributed by atoms with Gasteiger partial charge in [0.25, 0.3) is 0 Å². The average Bonchev–Trinajstić information content (AvgIpc) is 3.06. The van der Waals surface area contributed by atoms with Crippen LogP contribution in [0.3, 0.4) is 0 Å². The van der Waals surface area contributed by atoms with Crippen LogP contribution in [-0.4, -0.2) is 34.6 Å². The van der Waals surface area contributed by atoms with Crippen molar-refractivity contribution in [2.45, 2.75) is 26.9 Å². The Balaban J connectivity index is 2.01. The summed E-state index contributed by atoms with van der Waals surface area (Å²) in [6, 6.07) is 2.12. The maximum absolute atomic E-state index is 4.94. The minimum Gasteiger partial charge on any atom is -0.357 e. The molecule has 0 radical (unpaired) electrons. The largest absolute Gasteiger partial charge is 0.357 e. The van der Waals surface area contributed by atoms with E-state index in [2.05, 4.69) is 42.2 Å². The zero-order chi connectivity index (χ0) is 14.4. The Hall–Kier alpha value is -1.89. The van der Waals surface area contributed by atoms with Gasteiger partial charge in [-0.15, -0.1) is 0 Å². The van der Waals surface area contributed by atoms with E-state index in [0.717, 1.165) is 19.0 Å². The fraction of sp³-hybridized carbons (Fsp3) is 0.462. The molecule has 0 amide bonds. The highest BCUT2D eigenvalue weighted by Crippen LogP contribution is 2.08. The number of guanidine groups is 1. The lowest BCUT2D eigenvalue weighted by molar-refractivity contribution is 0.387. The summed E-state index contributed by atoms with van der Waals surface area (Å²) in [4.78, 5) is 10.8. The van der Waals surface area contributed by atoms with Crippen LogP contribution in [0.5, 0.6) is 0 Å². The Morgan fingerprint density at radius 3 is 3.00 bits per heavy atom. The molecular formula is C13H19N5OS. The van der Waals surface area contributed by atoms with E-state index < -0.39 is 0 Å². The van der Waals surface area contributed by atoms with Crippen LogP contribution in [0, 0.1) is 6.92 Å². The van der Waals surface area contributed by atoms with Gasteiger partial charge in [0.1, 0.15) is 6.54 Å². The molecule has 2 heterocycles. The van der Waals surface area contributed by atoms with Crippen molar-refractivity contribution >= 4 is 17.3 Å². The summed E-state index contributed by atoms with van der Waals surface area (Å²) < 4.78 is 4.94. The molecule has 0 saturated carbocycles. The maximum Gasteiger partial charge on any atom is 0.223 e. The molecule has 0 fully saturated rings. The van der Waals surface area contributed by atoms with E-state index in [0.29, 0.717) is 18.3 Å².